The predicted octanol–water partition coefficient (Wildman–Crippen LogP) is 2.01. The molecule has 21 heavy (non-hydrogen) atoms. The molecule has 2 N–H and O–H groups in total. The van der Waals surface area contributed by atoms with Crippen LogP contribution in [0.5, 0.6) is 11.5 Å². The highest BCUT2D eigenvalue weighted by molar-refractivity contribution is 9.10. The number of nitrogens with one attached hydrogen (secondary N) is 2. The van der Waals surface area contributed by atoms with Crippen molar-refractivity contribution in [3.05, 3.63) is 22.2 Å². The van der Waals surface area contributed by atoms with Crippen molar-refractivity contribution in [2.75, 3.05) is 20.5 Å². The molecule has 8 heteroatoms. The summed E-state index contributed by atoms with van der Waals surface area (Å²) in [5.74, 6) is 1.41. The first-order valence-electron chi connectivity index (χ1n) is 6.28. The van der Waals surface area contributed by atoms with E-state index in [1.807, 2.05) is 19.1 Å². The topological polar surface area (TPSA) is 64.1 Å². The lowest BCUT2D eigenvalue weighted by atomic mass is 10.2. The van der Waals surface area contributed by atoms with Gasteiger partial charge in [-0.3, -0.25) is 5.43 Å². The van der Waals surface area contributed by atoms with Gasteiger partial charge in [-0.15, -0.1) is 0 Å². The molecule has 1 atom stereocenters. The second kappa shape index (κ2) is 7.58. The molecule has 0 aliphatic carbocycles. The van der Waals surface area contributed by atoms with Crippen LogP contribution in [0, 0.1) is 0 Å². The van der Waals surface area contributed by atoms with Gasteiger partial charge in [-0.2, -0.15) is 5.10 Å². The molecular formula is C13H16BrN3O3S. The first kappa shape index (κ1) is 16.0. The summed E-state index contributed by atoms with van der Waals surface area (Å²) in [6.07, 6.45) is 1.65. The molecule has 0 unspecified atom stereocenters. The van der Waals surface area contributed by atoms with Crippen LogP contribution < -0.4 is 20.2 Å². The number of nitrogens with zero attached hydrogens (tertiary/aromatic N) is 1. The Labute approximate surface area is 137 Å². The molecule has 1 aliphatic rings. The number of halogens is 1. The Morgan fingerprint density at radius 2 is 2.38 bits per heavy atom. The average Bonchev–Trinajstić information content (AvgIpc) is 2.87. The van der Waals surface area contributed by atoms with Crippen LogP contribution in [-0.2, 0) is 4.74 Å². The van der Waals surface area contributed by atoms with Gasteiger partial charge in [-0.25, -0.2) is 0 Å². The number of hydrogen-bond acceptors (Lipinski definition) is 5. The molecule has 0 amide bonds. The van der Waals surface area contributed by atoms with Crippen LogP contribution in [0.3, 0.4) is 0 Å². The second-order valence-corrected chi connectivity index (χ2v) is 5.70. The molecule has 2 rings (SSSR count). The largest absolute Gasteiger partial charge is 0.454 e. The van der Waals surface area contributed by atoms with Crippen LogP contribution in [0.15, 0.2) is 21.7 Å². The number of benzene rings is 1. The van der Waals surface area contributed by atoms with Crippen LogP contribution in [0.1, 0.15) is 12.5 Å². The molecule has 0 spiro atoms. The Hall–Kier alpha value is -1.38. The monoisotopic (exact) mass is 373 g/mol. The fourth-order valence-corrected chi connectivity index (χ4v) is 2.60. The lowest BCUT2D eigenvalue weighted by Crippen LogP contribution is -2.40. The first-order chi connectivity index (χ1) is 10.1. The van der Waals surface area contributed by atoms with E-state index in [0.717, 1.165) is 10.0 Å². The standard InChI is InChI=1S/C13H16BrN3O3S/c1-8(6-18-2)16-13(21)17-15-5-9-3-10(14)12-11(4-9)19-7-20-12/h3-5,8H,6-7H2,1-2H3,(H2,16,17,21)/b15-5-/t8-/m0/s1. The maximum absolute atomic E-state index is 5.34. The number of hydrazone groups is 1. The minimum Gasteiger partial charge on any atom is -0.454 e. The molecule has 6 nitrogen and oxygen atoms in total. The molecule has 1 aromatic carbocycles. The van der Waals surface area contributed by atoms with Crippen molar-refractivity contribution < 1.29 is 14.2 Å². The number of ether oxygens (including phenoxy) is 3. The van der Waals surface area contributed by atoms with Crippen molar-refractivity contribution in [1.29, 1.82) is 0 Å². The SMILES string of the molecule is COC[C@H](C)NC(=S)N/N=C\c1cc(Br)c2c(c1)OCO2. The van der Waals surface area contributed by atoms with E-state index in [4.69, 9.17) is 26.4 Å². The third kappa shape index (κ3) is 4.55. The zero-order valence-corrected chi connectivity index (χ0v) is 14.1. The van der Waals surface area contributed by atoms with Crippen LogP contribution in [0.25, 0.3) is 0 Å². The molecule has 0 radical (unpaired) electrons. The normalized spacial score (nSPS) is 14.2. The van der Waals surface area contributed by atoms with Crippen molar-refractivity contribution >= 4 is 39.5 Å². The number of methoxy groups -OCH3 is 1. The van der Waals surface area contributed by atoms with Crippen molar-refractivity contribution in [3.8, 4) is 11.5 Å². The molecule has 114 valence electrons. The van der Waals surface area contributed by atoms with Gasteiger partial charge in [-0.1, -0.05) is 0 Å². The van der Waals surface area contributed by atoms with Gasteiger partial charge in [0.2, 0.25) is 6.79 Å². The molecule has 0 saturated heterocycles. The van der Waals surface area contributed by atoms with Gasteiger partial charge in [0.15, 0.2) is 16.6 Å². The Morgan fingerprint density at radius 3 is 3.14 bits per heavy atom. The average molecular weight is 374 g/mol. The van der Waals surface area contributed by atoms with E-state index < -0.39 is 0 Å². The Kier molecular flexibility index (Phi) is 5.77. The highest BCUT2D eigenvalue weighted by Crippen LogP contribution is 2.39. The van der Waals surface area contributed by atoms with E-state index in [1.54, 1.807) is 13.3 Å². The summed E-state index contributed by atoms with van der Waals surface area (Å²) in [4.78, 5) is 0. The van der Waals surface area contributed by atoms with Crippen LogP contribution in [0.4, 0.5) is 0 Å². The van der Waals surface area contributed by atoms with E-state index in [2.05, 4.69) is 31.8 Å². The van der Waals surface area contributed by atoms with E-state index in [0.29, 0.717) is 23.2 Å². The molecule has 0 saturated carbocycles. The van der Waals surface area contributed by atoms with Gasteiger partial charge >= 0.3 is 0 Å². The lowest BCUT2D eigenvalue weighted by Gasteiger charge is -2.13. The van der Waals surface area contributed by atoms with E-state index in [1.165, 1.54) is 0 Å². The molecular weight excluding hydrogens is 358 g/mol. The summed E-state index contributed by atoms with van der Waals surface area (Å²) in [5, 5.41) is 7.57. The van der Waals surface area contributed by atoms with Gasteiger partial charge in [0.25, 0.3) is 0 Å². The van der Waals surface area contributed by atoms with Crippen LogP contribution >= 0.6 is 28.1 Å². The van der Waals surface area contributed by atoms with Gasteiger partial charge in [0, 0.05) is 13.2 Å². The van der Waals surface area contributed by atoms with Crippen molar-refractivity contribution in [3.63, 3.8) is 0 Å². The van der Waals surface area contributed by atoms with Crippen molar-refractivity contribution in [2.24, 2.45) is 5.10 Å². The van der Waals surface area contributed by atoms with Gasteiger partial charge in [0.1, 0.15) is 0 Å². The maximum Gasteiger partial charge on any atom is 0.231 e. The summed E-state index contributed by atoms with van der Waals surface area (Å²) < 4.78 is 16.5. The smallest absolute Gasteiger partial charge is 0.231 e. The lowest BCUT2D eigenvalue weighted by molar-refractivity contribution is 0.173. The van der Waals surface area contributed by atoms with E-state index >= 15 is 0 Å². The van der Waals surface area contributed by atoms with Crippen molar-refractivity contribution in [2.45, 2.75) is 13.0 Å². The quantitative estimate of drug-likeness (QED) is 0.467. The molecule has 0 aromatic heterocycles. The predicted molar refractivity (Wildman–Crippen MR) is 88.1 cm³/mol. The molecule has 1 aromatic rings. The van der Waals surface area contributed by atoms with Crippen molar-refractivity contribution in [1.82, 2.24) is 10.7 Å². The van der Waals surface area contributed by atoms with E-state index in [9.17, 15) is 0 Å². The summed E-state index contributed by atoms with van der Waals surface area (Å²) in [6.45, 7) is 2.77. The zero-order valence-electron chi connectivity index (χ0n) is 11.7. The Morgan fingerprint density at radius 1 is 1.57 bits per heavy atom. The molecule has 0 bridgehead atoms. The molecule has 1 heterocycles. The van der Waals surface area contributed by atoms with E-state index in [-0.39, 0.29) is 12.8 Å². The highest BCUT2D eigenvalue weighted by atomic mass is 79.9. The zero-order chi connectivity index (χ0) is 15.2. The van der Waals surface area contributed by atoms with Gasteiger partial charge in [-0.05, 0) is 52.8 Å². The highest BCUT2D eigenvalue weighted by Gasteiger charge is 2.17. The Balaban J connectivity index is 1.90. The van der Waals surface area contributed by atoms with Crippen LogP contribution in [-0.4, -0.2) is 37.9 Å². The molecule has 1 aliphatic heterocycles. The van der Waals surface area contributed by atoms with Crippen LogP contribution in [0.2, 0.25) is 0 Å². The summed E-state index contributed by atoms with van der Waals surface area (Å²) in [6, 6.07) is 3.86. The second-order valence-electron chi connectivity index (χ2n) is 4.44. The summed E-state index contributed by atoms with van der Waals surface area (Å²) >= 11 is 8.55. The third-order valence-corrected chi connectivity index (χ3v) is 3.42. The maximum atomic E-state index is 5.34. The minimum atomic E-state index is 0.116. The Bertz CT molecular complexity index is 554. The number of rotatable bonds is 5. The van der Waals surface area contributed by atoms with Gasteiger partial charge < -0.3 is 19.5 Å². The summed E-state index contributed by atoms with van der Waals surface area (Å²) in [7, 11) is 1.64. The number of thiocarbonyl (C=S) groups is 1. The first-order valence-corrected chi connectivity index (χ1v) is 7.48. The fraction of sp³-hybridized carbons (Fsp3) is 0.385. The minimum absolute atomic E-state index is 0.116. The van der Waals surface area contributed by atoms with Gasteiger partial charge in [0.05, 0.1) is 17.3 Å². The summed E-state index contributed by atoms with van der Waals surface area (Å²) in [5.41, 5.74) is 3.62. The fourth-order valence-electron chi connectivity index (χ4n) is 1.78. The molecule has 0 fully saturated rings. The third-order valence-electron chi connectivity index (χ3n) is 2.62. The number of fused-ring (bicyclic) bond motifs is 1. The number of hydrogen-bond donors (Lipinski definition) is 2.